The molecule has 1 atom stereocenters. The fraction of sp³-hybridized carbons (Fsp3) is 0.240. The summed E-state index contributed by atoms with van der Waals surface area (Å²) < 4.78 is 8.33. The van der Waals surface area contributed by atoms with E-state index in [0.717, 1.165) is 30.1 Å². The van der Waals surface area contributed by atoms with E-state index in [9.17, 15) is 0 Å². The molecule has 0 bridgehead atoms. The van der Waals surface area contributed by atoms with Gasteiger partial charge in [-0.2, -0.15) is 0 Å². The molecule has 264 valence electrons. The van der Waals surface area contributed by atoms with Gasteiger partial charge in [-0.05, 0) is 130 Å². The van der Waals surface area contributed by atoms with Gasteiger partial charge in [-0.25, -0.2) is 0 Å². The Bertz CT molecular complexity index is 2390. The normalized spacial score (nSPS) is 15.7. The van der Waals surface area contributed by atoms with E-state index in [2.05, 4.69) is 175 Å². The predicted molar refractivity (Wildman–Crippen MR) is 226 cm³/mol. The highest BCUT2D eigenvalue weighted by Gasteiger charge is 2.16. The molecule has 0 aliphatic heterocycles. The molecule has 2 aliphatic carbocycles. The maximum atomic E-state index is 5.98. The van der Waals surface area contributed by atoms with Crippen LogP contribution in [-0.4, -0.2) is 4.57 Å². The third-order valence-electron chi connectivity index (χ3n) is 10.7. The summed E-state index contributed by atoms with van der Waals surface area (Å²) in [6, 6.07) is 30.5. The highest BCUT2D eigenvalue weighted by Crippen LogP contribution is 2.37. The van der Waals surface area contributed by atoms with Crippen LogP contribution in [0.5, 0.6) is 0 Å². The van der Waals surface area contributed by atoms with Crippen molar-refractivity contribution < 1.29 is 4.42 Å². The van der Waals surface area contributed by atoms with Gasteiger partial charge in [0.1, 0.15) is 11.3 Å². The number of aromatic nitrogens is 1. The molecule has 0 saturated carbocycles. The molecule has 2 nitrogen and oxygen atoms in total. The number of allylic oxidation sites excluding steroid dienone is 11. The Morgan fingerprint density at radius 1 is 0.865 bits per heavy atom. The molecule has 0 amide bonds. The number of hydrogen-bond donors (Lipinski definition) is 0. The molecule has 6 aromatic rings. The number of hydrogen-bond acceptors (Lipinski definition) is 1. The van der Waals surface area contributed by atoms with Crippen LogP contribution in [0.3, 0.4) is 0 Å². The number of nitrogens with zero attached hydrogens (tertiary/aromatic N) is 1. The lowest BCUT2D eigenvalue weighted by atomic mass is 9.95. The summed E-state index contributed by atoms with van der Waals surface area (Å²) in [7, 11) is 0. The molecule has 2 aromatic heterocycles. The smallest absolute Gasteiger partial charge is 0.135 e. The molecule has 0 N–H and O–H groups in total. The second-order valence-electron chi connectivity index (χ2n) is 14.4. The summed E-state index contributed by atoms with van der Waals surface area (Å²) in [5.41, 5.74) is 16.8. The van der Waals surface area contributed by atoms with Crippen molar-refractivity contribution >= 4 is 38.3 Å². The topological polar surface area (TPSA) is 18.1 Å². The molecule has 4 aromatic carbocycles. The van der Waals surface area contributed by atoms with Gasteiger partial charge in [0.25, 0.3) is 0 Å². The number of furan rings is 1. The molecule has 2 heterocycles. The number of aryl methyl sites for hydroxylation is 4. The molecule has 1 unspecified atom stereocenters. The Kier molecular flexibility index (Phi) is 11.2. The minimum atomic E-state index is 0.725. The molecule has 0 saturated heterocycles. The van der Waals surface area contributed by atoms with Gasteiger partial charge in [-0.1, -0.05) is 128 Å². The van der Waals surface area contributed by atoms with Gasteiger partial charge in [-0.15, -0.1) is 0 Å². The van der Waals surface area contributed by atoms with Crippen molar-refractivity contribution in [2.75, 3.05) is 0 Å². The van der Waals surface area contributed by atoms with E-state index in [1.165, 1.54) is 89.4 Å². The zero-order chi connectivity index (χ0) is 36.9. The summed E-state index contributed by atoms with van der Waals surface area (Å²) in [5, 5.41) is 3.69. The zero-order valence-corrected chi connectivity index (χ0v) is 32.3. The Labute approximate surface area is 310 Å². The summed E-state index contributed by atoms with van der Waals surface area (Å²) in [4.78, 5) is 0. The van der Waals surface area contributed by atoms with Gasteiger partial charge in [0.15, 0.2) is 0 Å². The second-order valence-corrected chi connectivity index (χ2v) is 14.4. The van der Waals surface area contributed by atoms with Crippen LogP contribution in [0.15, 0.2) is 155 Å². The largest absolute Gasteiger partial charge is 0.461 e. The van der Waals surface area contributed by atoms with Crippen molar-refractivity contribution in [1.29, 1.82) is 0 Å². The Hall–Kier alpha value is -5.34. The Morgan fingerprint density at radius 3 is 2.17 bits per heavy atom. The highest BCUT2D eigenvalue weighted by molar-refractivity contribution is 6.13. The van der Waals surface area contributed by atoms with Crippen molar-refractivity contribution in [1.82, 2.24) is 4.57 Å². The molecule has 2 heteroatoms. The number of benzene rings is 4. The van der Waals surface area contributed by atoms with E-state index in [1.807, 2.05) is 13.0 Å². The van der Waals surface area contributed by atoms with Crippen LogP contribution in [0.25, 0.3) is 44.0 Å². The minimum absolute atomic E-state index is 0.725. The van der Waals surface area contributed by atoms with Crippen LogP contribution in [0, 0.1) is 33.6 Å². The number of para-hydroxylation sites is 1. The molecular weight excluding hydrogens is 631 g/mol. The lowest BCUT2D eigenvalue weighted by molar-refractivity contribution is 0.575. The maximum absolute atomic E-state index is 5.98. The van der Waals surface area contributed by atoms with Crippen LogP contribution in [0.2, 0.25) is 0 Å². The minimum Gasteiger partial charge on any atom is -0.461 e. The highest BCUT2D eigenvalue weighted by atomic mass is 16.3. The van der Waals surface area contributed by atoms with E-state index in [0.29, 0.717) is 0 Å². The lowest BCUT2D eigenvalue weighted by Crippen LogP contribution is -1.94. The van der Waals surface area contributed by atoms with Gasteiger partial charge in [-0.3, -0.25) is 0 Å². The van der Waals surface area contributed by atoms with Gasteiger partial charge in [0.05, 0.1) is 11.0 Å². The third-order valence-corrected chi connectivity index (χ3v) is 10.7. The average Bonchev–Trinajstić information content (AvgIpc) is 3.82. The second kappa shape index (κ2) is 15.9. The molecule has 8 rings (SSSR count). The van der Waals surface area contributed by atoms with Crippen LogP contribution >= 0.6 is 0 Å². The van der Waals surface area contributed by atoms with Crippen molar-refractivity contribution in [3.05, 3.63) is 178 Å². The molecule has 0 fully saturated rings. The SMILES string of the molecule is C/C=C(\C)C1=CCC(C)C=C1.C=CC1=C(CC)CC(c2ccc(C)cc2)=C1.Cc1ccc(-n2c3ccccc3c3cc4oc(C)c(C)c4cc32)cc1. The summed E-state index contributed by atoms with van der Waals surface area (Å²) in [5.74, 6) is 1.72. The number of fused-ring (bicyclic) bond motifs is 4. The number of rotatable bonds is 5. The van der Waals surface area contributed by atoms with Crippen LogP contribution in [0.1, 0.15) is 75.0 Å². The summed E-state index contributed by atoms with van der Waals surface area (Å²) >= 11 is 0. The quantitative estimate of drug-likeness (QED) is 0.177. The van der Waals surface area contributed by atoms with Crippen molar-refractivity contribution in [2.24, 2.45) is 5.92 Å². The van der Waals surface area contributed by atoms with Gasteiger partial charge in [0, 0.05) is 21.8 Å². The Morgan fingerprint density at radius 2 is 1.56 bits per heavy atom. The fourth-order valence-corrected chi connectivity index (χ4v) is 7.12. The first kappa shape index (κ1) is 36.5. The van der Waals surface area contributed by atoms with Crippen molar-refractivity contribution in [3.8, 4) is 5.69 Å². The molecular formula is C50H53NO. The van der Waals surface area contributed by atoms with E-state index < -0.39 is 0 Å². The van der Waals surface area contributed by atoms with Gasteiger partial charge >= 0.3 is 0 Å². The standard InChI is InChI=1S/C23H19NO.C16H18.C11H16/c1-14-8-10-17(11-9-14)24-21-7-5-4-6-18(21)20-13-23-19(12-22(20)24)15(2)16(3)25-23;1-4-13-10-16(11-14(13)5-2)15-8-6-12(3)7-9-15;1-4-10(3)11-7-5-9(2)6-8-11/h4-13H,1-3H3;4,6-10H,1,5,11H2,2-3H3;4-5,7-9H,6H2,1-3H3/b;;10-4+. The van der Waals surface area contributed by atoms with Gasteiger partial charge in [0.2, 0.25) is 0 Å². The Balaban J connectivity index is 0.000000148. The lowest BCUT2D eigenvalue weighted by Gasteiger charge is -2.11. The van der Waals surface area contributed by atoms with E-state index in [4.69, 9.17) is 4.42 Å². The summed E-state index contributed by atoms with van der Waals surface area (Å²) in [6.07, 6.45) is 16.6. The molecule has 0 spiro atoms. The van der Waals surface area contributed by atoms with Crippen LogP contribution in [0.4, 0.5) is 0 Å². The molecule has 2 aliphatic rings. The van der Waals surface area contributed by atoms with Crippen LogP contribution < -0.4 is 0 Å². The average molecular weight is 684 g/mol. The van der Waals surface area contributed by atoms with E-state index in [1.54, 1.807) is 0 Å². The van der Waals surface area contributed by atoms with E-state index >= 15 is 0 Å². The molecule has 0 radical (unpaired) electrons. The van der Waals surface area contributed by atoms with Crippen molar-refractivity contribution in [2.45, 2.75) is 74.7 Å². The summed E-state index contributed by atoms with van der Waals surface area (Å²) in [6.45, 7) is 21.0. The maximum Gasteiger partial charge on any atom is 0.135 e. The monoisotopic (exact) mass is 683 g/mol. The third kappa shape index (κ3) is 7.63. The molecule has 52 heavy (non-hydrogen) atoms. The first-order valence-electron chi connectivity index (χ1n) is 18.7. The van der Waals surface area contributed by atoms with Crippen molar-refractivity contribution in [3.63, 3.8) is 0 Å². The predicted octanol–water partition coefficient (Wildman–Crippen LogP) is 14.6. The van der Waals surface area contributed by atoms with E-state index in [-0.39, 0.29) is 0 Å². The fourth-order valence-electron chi connectivity index (χ4n) is 7.12. The van der Waals surface area contributed by atoms with Gasteiger partial charge < -0.3 is 8.98 Å². The first-order valence-corrected chi connectivity index (χ1v) is 18.7. The van der Waals surface area contributed by atoms with Crippen LogP contribution in [-0.2, 0) is 0 Å². The zero-order valence-electron chi connectivity index (χ0n) is 32.3. The first-order chi connectivity index (χ1) is 25.1.